The van der Waals surface area contributed by atoms with Crippen molar-refractivity contribution in [1.29, 1.82) is 0 Å². The first-order chi connectivity index (χ1) is 11.8. The Morgan fingerprint density at radius 3 is 2.58 bits per heavy atom. The van der Waals surface area contributed by atoms with Crippen LogP contribution in [0.2, 0.25) is 0 Å². The summed E-state index contributed by atoms with van der Waals surface area (Å²) in [6.45, 7) is 2.15. The predicted molar refractivity (Wildman–Crippen MR) is 95.5 cm³/mol. The molecule has 1 unspecified atom stereocenters. The Kier molecular flexibility index (Phi) is 5.96. The maximum absolute atomic E-state index is 12.5. The van der Waals surface area contributed by atoms with Gasteiger partial charge in [-0.25, -0.2) is 0 Å². The molecule has 1 amide bonds. The minimum Gasteiger partial charge on any atom is -0.344 e. The first-order valence-electron chi connectivity index (χ1n) is 8.79. The van der Waals surface area contributed by atoms with E-state index in [9.17, 15) is 4.79 Å². The van der Waals surface area contributed by atoms with Crippen LogP contribution < -0.4 is 10.6 Å². The van der Waals surface area contributed by atoms with Gasteiger partial charge < -0.3 is 10.6 Å². The van der Waals surface area contributed by atoms with Gasteiger partial charge in [-0.05, 0) is 56.0 Å². The third-order valence-corrected chi connectivity index (χ3v) is 4.66. The average molecular weight is 323 g/mol. The topological polar surface area (TPSA) is 54.0 Å². The number of nitrogens with one attached hydrogen (secondary N) is 2. The van der Waals surface area contributed by atoms with Gasteiger partial charge >= 0.3 is 0 Å². The second-order valence-electron chi connectivity index (χ2n) is 6.40. The highest BCUT2D eigenvalue weighted by Crippen LogP contribution is 2.21. The molecule has 24 heavy (non-hydrogen) atoms. The zero-order chi connectivity index (χ0) is 16.6. The molecule has 0 bridgehead atoms. The second-order valence-corrected chi connectivity index (χ2v) is 6.40. The Hall–Kier alpha value is -2.20. The van der Waals surface area contributed by atoms with E-state index in [0.29, 0.717) is 12.3 Å². The summed E-state index contributed by atoms with van der Waals surface area (Å²) < 4.78 is 0. The summed E-state index contributed by atoms with van der Waals surface area (Å²) in [6, 6.07) is 15.7. The number of rotatable bonds is 6. The van der Waals surface area contributed by atoms with Gasteiger partial charge in [0.15, 0.2) is 0 Å². The third kappa shape index (κ3) is 4.65. The van der Waals surface area contributed by atoms with Crippen molar-refractivity contribution < 1.29 is 4.79 Å². The molecular formula is C20H25N3O. The maximum atomic E-state index is 12.5. The average Bonchev–Trinajstić information content (AvgIpc) is 2.67. The van der Waals surface area contributed by atoms with Crippen LogP contribution in [0, 0.1) is 5.92 Å². The molecule has 2 aromatic rings. The van der Waals surface area contributed by atoms with Crippen LogP contribution in [0.4, 0.5) is 0 Å². The van der Waals surface area contributed by atoms with Crippen molar-refractivity contribution in [2.45, 2.75) is 31.7 Å². The molecule has 4 heteroatoms. The molecule has 3 rings (SSSR count). The van der Waals surface area contributed by atoms with Crippen LogP contribution in [-0.4, -0.2) is 24.0 Å². The molecule has 1 atom stereocenters. The summed E-state index contributed by atoms with van der Waals surface area (Å²) in [5.41, 5.74) is 1.94. The molecule has 1 aliphatic rings. The minimum absolute atomic E-state index is 0.105. The highest BCUT2D eigenvalue weighted by molar-refractivity contribution is 5.76. The Labute approximate surface area is 143 Å². The van der Waals surface area contributed by atoms with Crippen LogP contribution in [0.3, 0.4) is 0 Å². The summed E-state index contributed by atoms with van der Waals surface area (Å²) in [5.74, 6) is 0.773. The molecule has 2 N–H and O–H groups in total. The van der Waals surface area contributed by atoms with Crippen molar-refractivity contribution in [3.63, 3.8) is 0 Å². The van der Waals surface area contributed by atoms with Crippen LogP contribution >= 0.6 is 0 Å². The van der Waals surface area contributed by atoms with Crippen molar-refractivity contribution in [1.82, 2.24) is 15.6 Å². The number of aromatic nitrogens is 1. The fourth-order valence-electron chi connectivity index (χ4n) is 3.26. The fourth-order valence-corrected chi connectivity index (χ4v) is 3.26. The number of piperidine rings is 1. The van der Waals surface area contributed by atoms with E-state index in [0.717, 1.165) is 30.8 Å². The van der Waals surface area contributed by atoms with Gasteiger partial charge in [-0.2, -0.15) is 0 Å². The standard InChI is InChI=1S/C20H25N3O/c24-19(10-9-16-11-14-21-15-12-16)23-20(17-6-2-1-3-7-17)18-8-4-5-13-22-18/h1-8,13,16,20-21H,9-12,14-15H2,(H,23,24). The van der Waals surface area contributed by atoms with Crippen LogP contribution in [-0.2, 0) is 4.79 Å². The maximum Gasteiger partial charge on any atom is 0.220 e. The summed E-state index contributed by atoms with van der Waals surface area (Å²) in [7, 11) is 0. The van der Waals surface area contributed by atoms with Crippen molar-refractivity contribution in [2.24, 2.45) is 5.92 Å². The van der Waals surface area contributed by atoms with Crippen molar-refractivity contribution in [2.75, 3.05) is 13.1 Å². The number of hydrogen-bond acceptors (Lipinski definition) is 3. The lowest BCUT2D eigenvalue weighted by Crippen LogP contribution is -2.31. The van der Waals surface area contributed by atoms with E-state index in [2.05, 4.69) is 15.6 Å². The predicted octanol–water partition coefficient (Wildman–Crippen LogP) is 3.07. The highest BCUT2D eigenvalue weighted by Gasteiger charge is 2.19. The van der Waals surface area contributed by atoms with Gasteiger partial charge in [-0.15, -0.1) is 0 Å². The first kappa shape index (κ1) is 16.7. The van der Waals surface area contributed by atoms with Crippen molar-refractivity contribution in [3.05, 3.63) is 66.0 Å². The lowest BCUT2D eigenvalue weighted by molar-refractivity contribution is -0.122. The molecule has 0 saturated carbocycles. The van der Waals surface area contributed by atoms with Crippen LogP contribution in [0.5, 0.6) is 0 Å². The Balaban J connectivity index is 1.64. The molecule has 1 saturated heterocycles. The summed E-state index contributed by atoms with van der Waals surface area (Å²) in [5, 5.41) is 6.54. The van der Waals surface area contributed by atoms with Gasteiger partial charge in [0, 0.05) is 12.6 Å². The minimum atomic E-state index is -0.187. The largest absolute Gasteiger partial charge is 0.344 e. The Morgan fingerprint density at radius 2 is 1.88 bits per heavy atom. The van der Waals surface area contributed by atoms with Gasteiger partial charge in [-0.1, -0.05) is 36.4 Å². The van der Waals surface area contributed by atoms with Gasteiger partial charge in [0.05, 0.1) is 11.7 Å². The third-order valence-electron chi connectivity index (χ3n) is 4.66. The van der Waals surface area contributed by atoms with Gasteiger partial charge in [0.2, 0.25) is 5.91 Å². The first-order valence-corrected chi connectivity index (χ1v) is 8.79. The van der Waals surface area contributed by atoms with E-state index in [1.807, 2.05) is 48.5 Å². The van der Waals surface area contributed by atoms with E-state index in [1.165, 1.54) is 12.8 Å². The molecule has 1 fully saturated rings. The molecular weight excluding hydrogens is 298 g/mol. The quantitative estimate of drug-likeness (QED) is 0.859. The van der Waals surface area contributed by atoms with Crippen molar-refractivity contribution >= 4 is 5.91 Å². The van der Waals surface area contributed by atoms with Gasteiger partial charge in [0.25, 0.3) is 0 Å². The molecule has 1 aromatic carbocycles. The van der Waals surface area contributed by atoms with Gasteiger partial charge in [-0.3, -0.25) is 9.78 Å². The zero-order valence-corrected chi connectivity index (χ0v) is 13.9. The number of pyridine rings is 1. The molecule has 1 aromatic heterocycles. The monoisotopic (exact) mass is 323 g/mol. The molecule has 126 valence electrons. The second kappa shape index (κ2) is 8.60. The van der Waals surface area contributed by atoms with Gasteiger partial charge in [0.1, 0.15) is 0 Å². The van der Waals surface area contributed by atoms with E-state index >= 15 is 0 Å². The molecule has 0 spiro atoms. The van der Waals surface area contributed by atoms with Crippen molar-refractivity contribution in [3.8, 4) is 0 Å². The number of amides is 1. The molecule has 1 aliphatic heterocycles. The molecule has 4 nitrogen and oxygen atoms in total. The summed E-state index contributed by atoms with van der Waals surface area (Å²) >= 11 is 0. The Morgan fingerprint density at radius 1 is 1.12 bits per heavy atom. The number of carbonyl (C=O) groups is 1. The zero-order valence-electron chi connectivity index (χ0n) is 13.9. The smallest absolute Gasteiger partial charge is 0.220 e. The van der Waals surface area contributed by atoms with E-state index in [4.69, 9.17) is 0 Å². The highest BCUT2D eigenvalue weighted by atomic mass is 16.1. The van der Waals surface area contributed by atoms with E-state index < -0.39 is 0 Å². The van der Waals surface area contributed by atoms with Crippen LogP contribution in [0.1, 0.15) is 43.0 Å². The van der Waals surface area contributed by atoms with E-state index in [1.54, 1.807) is 6.20 Å². The lowest BCUT2D eigenvalue weighted by Gasteiger charge is -2.23. The van der Waals surface area contributed by atoms with E-state index in [-0.39, 0.29) is 11.9 Å². The SMILES string of the molecule is O=C(CCC1CCNCC1)NC(c1ccccc1)c1ccccn1. The van der Waals surface area contributed by atoms with Crippen LogP contribution in [0.25, 0.3) is 0 Å². The number of carbonyl (C=O) groups excluding carboxylic acids is 1. The molecule has 0 aliphatic carbocycles. The number of nitrogens with zero attached hydrogens (tertiary/aromatic N) is 1. The normalized spacial score (nSPS) is 16.5. The number of hydrogen-bond donors (Lipinski definition) is 2. The summed E-state index contributed by atoms with van der Waals surface area (Å²) in [4.78, 5) is 16.9. The fraction of sp³-hybridized carbons (Fsp3) is 0.400. The lowest BCUT2D eigenvalue weighted by atomic mass is 9.93. The Bertz CT molecular complexity index is 584. The molecule has 0 radical (unpaired) electrons. The van der Waals surface area contributed by atoms with Crippen LogP contribution in [0.15, 0.2) is 54.7 Å². The summed E-state index contributed by atoms with van der Waals surface area (Å²) in [6.07, 6.45) is 5.68. The number of benzene rings is 1. The molecule has 2 heterocycles.